The van der Waals surface area contributed by atoms with E-state index >= 15 is 0 Å². The maximum Gasteiger partial charge on any atom is 0.119 e. The molecule has 0 aliphatic heterocycles. The highest BCUT2D eigenvalue weighted by molar-refractivity contribution is 6.23. The Bertz CT molecular complexity index is 1600. The summed E-state index contributed by atoms with van der Waals surface area (Å²) in [5.74, 6) is 0.864. The Kier molecular flexibility index (Phi) is 4.40. The number of benzene rings is 6. The molecule has 0 aliphatic rings. The molecule has 152 valence electrons. The molecule has 0 heterocycles. The molecule has 0 atom stereocenters. The Morgan fingerprint density at radius 3 is 1.78 bits per heavy atom. The fourth-order valence-corrected chi connectivity index (χ4v) is 4.86. The molecule has 0 saturated heterocycles. The Morgan fingerprint density at radius 2 is 1.03 bits per heavy atom. The van der Waals surface area contributed by atoms with E-state index in [1.165, 1.54) is 49.0 Å². The summed E-state index contributed by atoms with van der Waals surface area (Å²) in [6.07, 6.45) is 0. The molecule has 0 N–H and O–H groups in total. The Morgan fingerprint density at radius 1 is 0.438 bits per heavy atom. The SMILES string of the molecule is COc1cccc(-c2c(-c3ccccc3)c3ccccc3c3cc4ccccc4cc23)c1. The van der Waals surface area contributed by atoms with Crippen LogP contribution in [-0.2, 0) is 0 Å². The monoisotopic (exact) mass is 410 g/mol. The van der Waals surface area contributed by atoms with E-state index in [4.69, 9.17) is 4.74 Å². The second-order valence-electron chi connectivity index (χ2n) is 8.14. The third-order valence-electron chi connectivity index (χ3n) is 6.31. The molecule has 0 aliphatic carbocycles. The van der Waals surface area contributed by atoms with Crippen LogP contribution >= 0.6 is 0 Å². The van der Waals surface area contributed by atoms with Gasteiger partial charge in [0, 0.05) is 0 Å². The normalized spacial score (nSPS) is 11.3. The second-order valence-corrected chi connectivity index (χ2v) is 8.14. The number of hydrogen-bond acceptors (Lipinski definition) is 1. The number of fused-ring (bicyclic) bond motifs is 4. The molecule has 6 rings (SSSR count). The van der Waals surface area contributed by atoms with Crippen molar-refractivity contribution in [2.45, 2.75) is 0 Å². The van der Waals surface area contributed by atoms with Crippen molar-refractivity contribution in [3.05, 3.63) is 115 Å². The van der Waals surface area contributed by atoms with Crippen LogP contribution in [0.5, 0.6) is 5.75 Å². The van der Waals surface area contributed by atoms with Crippen LogP contribution in [0.3, 0.4) is 0 Å². The van der Waals surface area contributed by atoms with Gasteiger partial charge >= 0.3 is 0 Å². The van der Waals surface area contributed by atoms with E-state index in [0.717, 1.165) is 11.3 Å². The molecule has 1 nitrogen and oxygen atoms in total. The summed E-state index contributed by atoms with van der Waals surface area (Å²) in [7, 11) is 1.73. The van der Waals surface area contributed by atoms with Crippen molar-refractivity contribution in [2.24, 2.45) is 0 Å². The van der Waals surface area contributed by atoms with Crippen LogP contribution in [-0.4, -0.2) is 7.11 Å². The van der Waals surface area contributed by atoms with Gasteiger partial charge in [-0.05, 0) is 78.8 Å². The van der Waals surface area contributed by atoms with E-state index < -0.39 is 0 Å². The van der Waals surface area contributed by atoms with Crippen LogP contribution in [0.25, 0.3) is 54.6 Å². The van der Waals surface area contributed by atoms with E-state index in [-0.39, 0.29) is 0 Å². The highest BCUT2D eigenvalue weighted by atomic mass is 16.5. The van der Waals surface area contributed by atoms with Gasteiger partial charge in [-0.3, -0.25) is 0 Å². The van der Waals surface area contributed by atoms with Crippen molar-refractivity contribution in [1.82, 2.24) is 0 Å². The van der Waals surface area contributed by atoms with Gasteiger partial charge in [0.1, 0.15) is 5.75 Å². The quantitative estimate of drug-likeness (QED) is 0.210. The second kappa shape index (κ2) is 7.55. The molecule has 0 unspecified atom stereocenters. The first kappa shape index (κ1) is 18.7. The van der Waals surface area contributed by atoms with E-state index in [9.17, 15) is 0 Å². The number of methoxy groups -OCH3 is 1. The average Bonchev–Trinajstić information content (AvgIpc) is 2.87. The molecule has 0 aromatic heterocycles. The molecule has 1 heteroatoms. The summed E-state index contributed by atoms with van der Waals surface area (Å²) in [6.45, 7) is 0. The van der Waals surface area contributed by atoms with Gasteiger partial charge < -0.3 is 4.74 Å². The first-order valence-electron chi connectivity index (χ1n) is 10.9. The smallest absolute Gasteiger partial charge is 0.119 e. The fourth-order valence-electron chi connectivity index (χ4n) is 4.86. The maximum absolute atomic E-state index is 5.59. The summed E-state index contributed by atoms with van der Waals surface area (Å²) < 4.78 is 5.59. The Balaban J connectivity index is 1.88. The average molecular weight is 411 g/mol. The van der Waals surface area contributed by atoms with Crippen LogP contribution in [0, 0.1) is 0 Å². The summed E-state index contributed by atoms with van der Waals surface area (Å²) in [5, 5.41) is 7.58. The number of rotatable bonds is 3. The van der Waals surface area contributed by atoms with Crippen LogP contribution in [0.15, 0.2) is 115 Å². The van der Waals surface area contributed by atoms with Gasteiger partial charge in [-0.15, -0.1) is 0 Å². The lowest BCUT2D eigenvalue weighted by Gasteiger charge is -2.19. The van der Waals surface area contributed by atoms with Gasteiger partial charge in [0.25, 0.3) is 0 Å². The first-order chi connectivity index (χ1) is 15.8. The molecule has 0 bridgehead atoms. The zero-order valence-electron chi connectivity index (χ0n) is 17.9. The molecule has 0 amide bonds. The van der Waals surface area contributed by atoms with Crippen molar-refractivity contribution < 1.29 is 4.74 Å². The van der Waals surface area contributed by atoms with Crippen LogP contribution in [0.1, 0.15) is 0 Å². The van der Waals surface area contributed by atoms with Crippen molar-refractivity contribution >= 4 is 32.3 Å². The van der Waals surface area contributed by atoms with Gasteiger partial charge in [0.2, 0.25) is 0 Å². The summed E-state index contributed by atoms with van der Waals surface area (Å²) in [4.78, 5) is 0. The predicted molar refractivity (Wildman–Crippen MR) is 136 cm³/mol. The third kappa shape index (κ3) is 2.94. The van der Waals surface area contributed by atoms with Gasteiger partial charge in [0.15, 0.2) is 0 Å². The maximum atomic E-state index is 5.59. The molecular weight excluding hydrogens is 388 g/mol. The van der Waals surface area contributed by atoms with E-state index in [2.05, 4.69) is 109 Å². The van der Waals surface area contributed by atoms with Crippen molar-refractivity contribution in [1.29, 1.82) is 0 Å². The van der Waals surface area contributed by atoms with E-state index in [1.54, 1.807) is 7.11 Å². The summed E-state index contributed by atoms with van der Waals surface area (Å²) in [6, 6.07) is 41.2. The third-order valence-corrected chi connectivity index (χ3v) is 6.31. The predicted octanol–water partition coefficient (Wildman–Crippen LogP) is 8.49. The van der Waals surface area contributed by atoms with Crippen LogP contribution < -0.4 is 4.74 Å². The zero-order chi connectivity index (χ0) is 21.5. The first-order valence-corrected chi connectivity index (χ1v) is 10.9. The molecule has 0 radical (unpaired) electrons. The molecule has 6 aromatic carbocycles. The zero-order valence-corrected chi connectivity index (χ0v) is 17.9. The van der Waals surface area contributed by atoms with Gasteiger partial charge in [-0.25, -0.2) is 0 Å². The summed E-state index contributed by atoms with van der Waals surface area (Å²) >= 11 is 0. The fraction of sp³-hybridized carbons (Fsp3) is 0.0323. The van der Waals surface area contributed by atoms with Gasteiger partial charge in [0.05, 0.1) is 7.11 Å². The Hall–Kier alpha value is -4.10. The van der Waals surface area contributed by atoms with E-state index in [1.807, 2.05) is 6.07 Å². The highest BCUT2D eigenvalue weighted by Gasteiger charge is 2.18. The number of hydrogen-bond donors (Lipinski definition) is 0. The summed E-state index contributed by atoms with van der Waals surface area (Å²) in [5.41, 5.74) is 4.89. The molecule has 6 aromatic rings. The molecule has 32 heavy (non-hydrogen) atoms. The standard InChI is InChI=1S/C31H22O/c1-32-25-15-9-14-24(18-25)31-29-20-23-13-6-5-12-22(23)19-28(29)26-16-7-8-17-27(26)30(31)21-10-3-2-4-11-21/h2-20H,1H3. The number of ether oxygens (including phenoxy) is 1. The van der Waals surface area contributed by atoms with Crippen molar-refractivity contribution in [3.8, 4) is 28.0 Å². The minimum atomic E-state index is 0.864. The van der Waals surface area contributed by atoms with Crippen molar-refractivity contribution in [2.75, 3.05) is 7.11 Å². The topological polar surface area (TPSA) is 9.23 Å². The molecule has 0 saturated carbocycles. The molecule has 0 spiro atoms. The lowest BCUT2D eigenvalue weighted by atomic mass is 9.84. The van der Waals surface area contributed by atoms with E-state index in [0.29, 0.717) is 0 Å². The highest BCUT2D eigenvalue weighted by Crippen LogP contribution is 2.45. The Labute approximate surface area is 187 Å². The minimum Gasteiger partial charge on any atom is -0.497 e. The molecular formula is C31H22O. The van der Waals surface area contributed by atoms with Gasteiger partial charge in [-0.2, -0.15) is 0 Å². The lowest BCUT2D eigenvalue weighted by molar-refractivity contribution is 0.415. The molecule has 0 fully saturated rings. The lowest BCUT2D eigenvalue weighted by Crippen LogP contribution is -1.93. The van der Waals surface area contributed by atoms with Crippen LogP contribution in [0.4, 0.5) is 0 Å². The van der Waals surface area contributed by atoms with Crippen molar-refractivity contribution in [3.63, 3.8) is 0 Å². The largest absolute Gasteiger partial charge is 0.497 e. The van der Waals surface area contributed by atoms with Gasteiger partial charge in [-0.1, -0.05) is 91.0 Å². The minimum absolute atomic E-state index is 0.864. The van der Waals surface area contributed by atoms with Crippen LogP contribution in [0.2, 0.25) is 0 Å².